The first-order valence-electron chi connectivity index (χ1n) is 9.53. The van der Waals surface area contributed by atoms with Crippen LogP contribution < -0.4 is 10.9 Å². The minimum Gasteiger partial charge on any atom is -0.303 e. The number of amides is 1. The third-order valence-corrected chi connectivity index (χ3v) is 4.77. The van der Waals surface area contributed by atoms with Crippen molar-refractivity contribution in [3.05, 3.63) is 77.5 Å². The molecule has 2 heterocycles. The Balaban J connectivity index is 1.33. The number of carbonyl (C=O) groups excluding carboxylic acids is 1. The van der Waals surface area contributed by atoms with Gasteiger partial charge in [-0.3, -0.25) is 10.2 Å². The monoisotopic (exact) mass is 389 g/mol. The maximum absolute atomic E-state index is 12.3. The number of hydrogen-bond acceptors (Lipinski definition) is 6. The molecule has 4 rings (SSSR count). The topological polar surface area (TPSA) is 88.0 Å². The fourth-order valence-corrected chi connectivity index (χ4v) is 3.03. The minimum absolute atomic E-state index is 0.165. The summed E-state index contributed by atoms with van der Waals surface area (Å²) in [6.07, 6.45) is 2.98. The molecule has 0 unspecified atom stereocenters. The molecule has 1 amide bonds. The zero-order valence-electron chi connectivity index (χ0n) is 16.2. The van der Waals surface area contributed by atoms with Crippen molar-refractivity contribution in [2.45, 2.75) is 13.0 Å². The van der Waals surface area contributed by atoms with E-state index in [0.29, 0.717) is 17.9 Å². The summed E-state index contributed by atoms with van der Waals surface area (Å²) in [5, 5.41) is 12.6. The predicted molar refractivity (Wildman–Crippen MR) is 110 cm³/mol. The Morgan fingerprint density at radius 1 is 1.10 bits per heavy atom. The molecule has 8 heteroatoms. The van der Waals surface area contributed by atoms with Crippen LogP contribution in [0.25, 0.3) is 11.4 Å². The van der Waals surface area contributed by atoms with Gasteiger partial charge in [0.25, 0.3) is 5.91 Å². The molecule has 8 nitrogen and oxygen atoms in total. The van der Waals surface area contributed by atoms with E-state index in [2.05, 4.69) is 44.3 Å². The van der Waals surface area contributed by atoms with E-state index in [9.17, 15) is 4.79 Å². The number of hydrogen-bond donors (Lipinski definition) is 2. The highest BCUT2D eigenvalue weighted by atomic mass is 16.2. The average Bonchev–Trinajstić information content (AvgIpc) is 3.23. The zero-order chi connectivity index (χ0) is 20.1. The van der Waals surface area contributed by atoms with Gasteiger partial charge < -0.3 is 10.3 Å². The van der Waals surface area contributed by atoms with Crippen LogP contribution in [-0.2, 0) is 6.54 Å². The maximum atomic E-state index is 12.3. The molecule has 0 saturated carbocycles. The molecule has 3 aromatic rings. The molecule has 1 aromatic heterocycles. The Morgan fingerprint density at radius 2 is 1.90 bits per heavy atom. The number of nitrogens with zero attached hydrogens (tertiary/aromatic N) is 5. The normalized spacial score (nSPS) is 14.3. The molecule has 29 heavy (non-hydrogen) atoms. The summed E-state index contributed by atoms with van der Waals surface area (Å²) >= 11 is 0. The van der Waals surface area contributed by atoms with E-state index >= 15 is 0 Å². The van der Waals surface area contributed by atoms with Crippen molar-refractivity contribution < 1.29 is 4.79 Å². The maximum Gasteiger partial charge on any atom is 0.269 e. The summed E-state index contributed by atoms with van der Waals surface area (Å²) < 4.78 is 0. The van der Waals surface area contributed by atoms with Crippen LogP contribution in [0.5, 0.6) is 0 Å². The Labute approximate surface area is 169 Å². The van der Waals surface area contributed by atoms with E-state index in [0.717, 1.165) is 36.3 Å². The van der Waals surface area contributed by atoms with Gasteiger partial charge in [-0.2, -0.15) is 4.80 Å². The second-order valence-electron chi connectivity index (χ2n) is 7.03. The summed E-state index contributed by atoms with van der Waals surface area (Å²) in [6, 6.07) is 17.1. The fraction of sp³-hybridized carbons (Fsp3) is 0.238. The number of benzene rings is 2. The lowest BCUT2D eigenvalue weighted by Crippen LogP contribution is -2.39. The number of likely N-dealkylation sites (N-methyl/N-ethyl adjacent to an activating group) is 1. The van der Waals surface area contributed by atoms with Gasteiger partial charge in [0.2, 0.25) is 5.82 Å². The van der Waals surface area contributed by atoms with E-state index < -0.39 is 0 Å². The predicted octanol–water partition coefficient (Wildman–Crippen LogP) is 1.84. The largest absolute Gasteiger partial charge is 0.303 e. The third-order valence-electron chi connectivity index (χ3n) is 4.77. The van der Waals surface area contributed by atoms with Crippen molar-refractivity contribution in [3.63, 3.8) is 0 Å². The first-order valence-corrected chi connectivity index (χ1v) is 9.53. The summed E-state index contributed by atoms with van der Waals surface area (Å²) in [5.74, 6) is 0.428. The van der Waals surface area contributed by atoms with Crippen LogP contribution in [0.1, 0.15) is 22.3 Å². The minimum atomic E-state index is -0.165. The highest BCUT2D eigenvalue weighted by Gasteiger charge is 2.10. The molecule has 2 N–H and O–H groups in total. The van der Waals surface area contributed by atoms with Crippen LogP contribution >= 0.6 is 0 Å². The number of aromatic nitrogens is 4. The summed E-state index contributed by atoms with van der Waals surface area (Å²) in [7, 11) is 2.07. The molecule has 148 valence electrons. The summed E-state index contributed by atoms with van der Waals surface area (Å²) in [6.45, 7) is 2.35. The average molecular weight is 389 g/mol. The van der Waals surface area contributed by atoms with Gasteiger partial charge in [-0.15, -0.1) is 10.2 Å². The van der Waals surface area contributed by atoms with E-state index in [1.165, 1.54) is 0 Å². The van der Waals surface area contributed by atoms with Gasteiger partial charge in [0.15, 0.2) is 0 Å². The third kappa shape index (κ3) is 4.85. The lowest BCUT2D eigenvalue weighted by atomic mass is 10.1. The molecule has 0 saturated heterocycles. The van der Waals surface area contributed by atoms with Gasteiger partial charge in [0.1, 0.15) is 0 Å². The Morgan fingerprint density at radius 3 is 2.62 bits per heavy atom. The van der Waals surface area contributed by atoms with Crippen LogP contribution in [0.4, 0.5) is 0 Å². The molecular formula is C21H23N7O. The number of carbonyl (C=O) groups is 1. The molecular weight excluding hydrogens is 366 g/mol. The number of hydrazine groups is 1. The van der Waals surface area contributed by atoms with Crippen molar-refractivity contribution in [3.8, 4) is 11.4 Å². The van der Waals surface area contributed by atoms with Crippen molar-refractivity contribution in [2.75, 3.05) is 20.1 Å². The lowest BCUT2D eigenvalue weighted by Gasteiger charge is -2.22. The smallest absolute Gasteiger partial charge is 0.269 e. The van der Waals surface area contributed by atoms with Crippen molar-refractivity contribution >= 4 is 5.91 Å². The Kier molecular flexibility index (Phi) is 5.62. The molecule has 0 radical (unpaired) electrons. The second kappa shape index (κ2) is 8.66. The molecule has 0 fully saturated rings. The zero-order valence-corrected chi connectivity index (χ0v) is 16.2. The Bertz CT molecular complexity index is 995. The standard InChI is InChI=1S/C21H23N7O/c1-27-13-11-19(12-14-27)22-24-21(29)18-9-7-16(8-10-18)15-28-25-20(23-26-28)17-5-3-2-4-6-17/h2-11,22H,12-15H2,1H3,(H,24,29). The van der Waals surface area contributed by atoms with Gasteiger partial charge >= 0.3 is 0 Å². The highest BCUT2D eigenvalue weighted by Crippen LogP contribution is 2.13. The van der Waals surface area contributed by atoms with Gasteiger partial charge in [-0.1, -0.05) is 42.5 Å². The second-order valence-corrected chi connectivity index (χ2v) is 7.03. The molecule has 2 aromatic carbocycles. The van der Waals surface area contributed by atoms with E-state index in [1.807, 2.05) is 42.5 Å². The first-order chi connectivity index (χ1) is 14.2. The molecule has 1 aliphatic rings. The van der Waals surface area contributed by atoms with Crippen LogP contribution in [0, 0.1) is 0 Å². The lowest BCUT2D eigenvalue weighted by molar-refractivity contribution is 0.0937. The molecule has 0 atom stereocenters. The van der Waals surface area contributed by atoms with Crippen molar-refractivity contribution in [2.24, 2.45) is 0 Å². The fourth-order valence-electron chi connectivity index (χ4n) is 3.03. The molecule has 0 spiro atoms. The highest BCUT2D eigenvalue weighted by molar-refractivity contribution is 5.93. The van der Waals surface area contributed by atoms with Gasteiger partial charge in [0, 0.05) is 36.3 Å². The molecule has 0 bridgehead atoms. The quantitative estimate of drug-likeness (QED) is 0.626. The van der Waals surface area contributed by atoms with Crippen LogP contribution in [0.3, 0.4) is 0 Å². The van der Waals surface area contributed by atoms with E-state index in [4.69, 9.17) is 0 Å². The summed E-state index contributed by atoms with van der Waals surface area (Å²) in [4.78, 5) is 16.1. The van der Waals surface area contributed by atoms with Crippen molar-refractivity contribution in [1.82, 2.24) is 36.0 Å². The SMILES string of the molecule is CN1CC=C(NNC(=O)c2ccc(Cn3nnc(-c4ccccc4)n3)cc2)CC1. The number of nitrogens with one attached hydrogen (secondary N) is 2. The van der Waals surface area contributed by atoms with Crippen LogP contribution in [0.15, 0.2) is 66.4 Å². The van der Waals surface area contributed by atoms with E-state index in [-0.39, 0.29) is 5.91 Å². The van der Waals surface area contributed by atoms with Gasteiger partial charge in [0.05, 0.1) is 6.54 Å². The first kappa shape index (κ1) is 18.8. The molecule has 1 aliphatic heterocycles. The van der Waals surface area contributed by atoms with Crippen molar-refractivity contribution in [1.29, 1.82) is 0 Å². The van der Waals surface area contributed by atoms with Gasteiger partial charge in [-0.25, -0.2) is 0 Å². The van der Waals surface area contributed by atoms with Gasteiger partial charge in [-0.05, 0) is 36.0 Å². The number of tetrazole rings is 1. The Hall–Kier alpha value is -3.52. The van der Waals surface area contributed by atoms with Crippen LogP contribution in [0.2, 0.25) is 0 Å². The van der Waals surface area contributed by atoms with E-state index in [1.54, 1.807) is 16.9 Å². The summed E-state index contributed by atoms with van der Waals surface area (Å²) in [5.41, 5.74) is 9.32. The molecule has 0 aliphatic carbocycles. The number of rotatable bonds is 6. The van der Waals surface area contributed by atoms with Crippen LogP contribution in [-0.4, -0.2) is 51.2 Å².